The number of hydrogen-bond acceptors (Lipinski definition) is 5. The Morgan fingerprint density at radius 2 is 1.81 bits per heavy atom. The van der Waals surface area contributed by atoms with Gasteiger partial charge in [-0.05, 0) is 61.0 Å². The number of pyridine rings is 1. The summed E-state index contributed by atoms with van der Waals surface area (Å²) >= 11 is 0. The summed E-state index contributed by atoms with van der Waals surface area (Å²) in [4.78, 5) is 29.2. The highest BCUT2D eigenvalue weighted by atomic mass is 19.1. The fourth-order valence-electron chi connectivity index (χ4n) is 3.74. The minimum absolute atomic E-state index is 0.142. The lowest BCUT2D eigenvalue weighted by Gasteiger charge is -2.05. The van der Waals surface area contributed by atoms with Crippen LogP contribution in [-0.2, 0) is 16.1 Å². The zero-order valence-electron chi connectivity index (χ0n) is 19.3. The van der Waals surface area contributed by atoms with Crippen molar-refractivity contribution in [3.05, 3.63) is 124 Å². The molecule has 178 valence electrons. The highest BCUT2D eigenvalue weighted by Crippen LogP contribution is 2.25. The van der Waals surface area contributed by atoms with E-state index >= 15 is 0 Å². The molecule has 0 radical (unpaired) electrons. The highest BCUT2D eigenvalue weighted by Gasteiger charge is 2.12. The summed E-state index contributed by atoms with van der Waals surface area (Å²) in [5, 5.41) is 4.64. The Morgan fingerprint density at radius 3 is 2.58 bits per heavy atom. The van der Waals surface area contributed by atoms with Gasteiger partial charge in [0.2, 0.25) is 0 Å². The van der Waals surface area contributed by atoms with Gasteiger partial charge in [0.05, 0.1) is 17.1 Å². The molecule has 0 N–H and O–H groups in total. The first-order valence-electron chi connectivity index (χ1n) is 11.2. The number of carbonyl (C=O) groups excluding carboxylic acids is 1. The number of aryl methyl sites for hydroxylation is 1. The maximum atomic E-state index is 13.5. The number of hydrogen-bond donors (Lipinski definition) is 0. The van der Waals surface area contributed by atoms with E-state index in [-0.39, 0.29) is 18.0 Å². The van der Waals surface area contributed by atoms with Crippen LogP contribution in [0.4, 0.5) is 4.39 Å². The number of ether oxygens (including phenoxy) is 1. The normalized spacial score (nSPS) is 11.3. The van der Waals surface area contributed by atoms with Crippen molar-refractivity contribution >= 4 is 17.7 Å². The van der Waals surface area contributed by atoms with Crippen LogP contribution in [0.15, 0.2) is 96.1 Å². The van der Waals surface area contributed by atoms with Crippen molar-refractivity contribution in [3.63, 3.8) is 0 Å². The van der Waals surface area contributed by atoms with Crippen molar-refractivity contribution in [3.8, 4) is 16.9 Å². The van der Waals surface area contributed by atoms with Crippen LogP contribution >= 0.6 is 0 Å². The van der Waals surface area contributed by atoms with E-state index in [1.807, 2.05) is 43.3 Å². The number of halogens is 1. The molecule has 8 heteroatoms. The molecule has 3 aromatic heterocycles. The van der Waals surface area contributed by atoms with Crippen molar-refractivity contribution in [1.82, 2.24) is 19.2 Å². The van der Waals surface area contributed by atoms with Crippen LogP contribution in [0.25, 0.3) is 28.7 Å². The number of fused-ring (bicyclic) bond motifs is 1. The van der Waals surface area contributed by atoms with Crippen LogP contribution in [0.2, 0.25) is 0 Å². The van der Waals surface area contributed by atoms with E-state index in [0.29, 0.717) is 28.2 Å². The molecule has 0 unspecified atom stereocenters. The third-order valence-corrected chi connectivity index (χ3v) is 5.50. The first kappa shape index (κ1) is 22.9. The molecule has 5 aromatic rings. The number of aromatic nitrogens is 4. The lowest BCUT2D eigenvalue weighted by molar-refractivity contribution is -0.139. The molecule has 0 aliphatic heterocycles. The van der Waals surface area contributed by atoms with E-state index in [9.17, 15) is 14.0 Å². The number of nitrogens with zero attached hydrogens (tertiary/aromatic N) is 4. The van der Waals surface area contributed by atoms with Gasteiger partial charge in [-0.3, -0.25) is 9.20 Å². The molecule has 0 spiro atoms. The number of carbonyl (C=O) groups is 1. The molecule has 0 atom stereocenters. The first-order valence-corrected chi connectivity index (χ1v) is 11.2. The van der Waals surface area contributed by atoms with Gasteiger partial charge in [-0.1, -0.05) is 24.3 Å². The van der Waals surface area contributed by atoms with Gasteiger partial charge in [0, 0.05) is 35.7 Å². The van der Waals surface area contributed by atoms with Gasteiger partial charge in [-0.25, -0.2) is 18.9 Å². The fraction of sp³-hybridized carbons (Fsp3) is 0.0714. The van der Waals surface area contributed by atoms with Gasteiger partial charge in [0.1, 0.15) is 18.1 Å². The number of benzene rings is 2. The van der Waals surface area contributed by atoms with Crippen molar-refractivity contribution in [2.45, 2.75) is 13.5 Å². The summed E-state index contributed by atoms with van der Waals surface area (Å²) in [5.41, 5.74) is 4.31. The van der Waals surface area contributed by atoms with E-state index < -0.39 is 5.97 Å². The number of para-hydroxylation sites is 1. The Morgan fingerprint density at radius 1 is 1.03 bits per heavy atom. The maximum Gasteiger partial charge on any atom is 0.331 e. The minimum Gasteiger partial charge on any atom is -0.456 e. The molecule has 0 fully saturated rings. The van der Waals surface area contributed by atoms with E-state index in [1.54, 1.807) is 41.4 Å². The molecule has 0 aliphatic carbocycles. The highest BCUT2D eigenvalue weighted by molar-refractivity contribution is 5.88. The average molecular weight is 480 g/mol. The standard InChI is InChI=1S/C28H21FN4O3/c1-19-7-13-25-30-23(15-26(34)32(25)16-19)18-36-27(35)14-10-21-17-33(24-5-3-2-4-6-24)31-28(21)20-8-11-22(29)12-9-20/h2-17H,18H2,1H3/b14-10+. The molecule has 0 saturated carbocycles. The summed E-state index contributed by atoms with van der Waals surface area (Å²) in [6, 6.07) is 20.4. The molecule has 0 amide bonds. The SMILES string of the molecule is Cc1ccc2nc(COC(=O)/C=C/c3cn(-c4ccccc4)nc3-c3ccc(F)cc3)cc(=O)n2c1. The Labute approximate surface area is 205 Å². The van der Waals surface area contributed by atoms with Gasteiger partial charge in [-0.15, -0.1) is 0 Å². The van der Waals surface area contributed by atoms with Crippen LogP contribution in [0, 0.1) is 12.7 Å². The van der Waals surface area contributed by atoms with Crippen molar-refractivity contribution < 1.29 is 13.9 Å². The molecule has 0 bridgehead atoms. The largest absolute Gasteiger partial charge is 0.456 e. The second kappa shape index (κ2) is 9.79. The van der Waals surface area contributed by atoms with Gasteiger partial charge in [-0.2, -0.15) is 5.10 Å². The van der Waals surface area contributed by atoms with Crippen LogP contribution in [0.1, 0.15) is 16.8 Å². The monoisotopic (exact) mass is 480 g/mol. The zero-order chi connectivity index (χ0) is 25.1. The predicted molar refractivity (Wildman–Crippen MR) is 134 cm³/mol. The van der Waals surface area contributed by atoms with Crippen molar-refractivity contribution in [2.24, 2.45) is 0 Å². The number of rotatable bonds is 6. The zero-order valence-corrected chi connectivity index (χ0v) is 19.3. The Hall–Kier alpha value is -4.85. The molecule has 36 heavy (non-hydrogen) atoms. The Bertz CT molecular complexity index is 1640. The fourth-order valence-corrected chi connectivity index (χ4v) is 3.74. The second-order valence-electron chi connectivity index (χ2n) is 8.18. The van der Waals surface area contributed by atoms with Gasteiger partial charge < -0.3 is 4.74 Å². The van der Waals surface area contributed by atoms with Gasteiger partial charge in [0.15, 0.2) is 0 Å². The second-order valence-corrected chi connectivity index (χ2v) is 8.18. The quantitative estimate of drug-likeness (QED) is 0.259. The summed E-state index contributed by atoms with van der Waals surface area (Å²) in [5.74, 6) is -0.947. The topological polar surface area (TPSA) is 78.5 Å². The maximum absolute atomic E-state index is 13.5. The van der Waals surface area contributed by atoms with E-state index in [1.165, 1.54) is 28.7 Å². The van der Waals surface area contributed by atoms with Crippen LogP contribution < -0.4 is 5.56 Å². The van der Waals surface area contributed by atoms with Gasteiger partial charge >= 0.3 is 5.97 Å². The minimum atomic E-state index is -0.599. The molecular weight excluding hydrogens is 459 g/mol. The molecular formula is C28H21FN4O3. The molecule has 0 aliphatic rings. The van der Waals surface area contributed by atoms with Crippen molar-refractivity contribution in [1.29, 1.82) is 0 Å². The van der Waals surface area contributed by atoms with Crippen LogP contribution in [-0.4, -0.2) is 25.1 Å². The van der Waals surface area contributed by atoms with Gasteiger partial charge in [0.25, 0.3) is 5.56 Å². The summed E-state index contributed by atoms with van der Waals surface area (Å²) in [6.45, 7) is 1.75. The molecule has 2 aromatic carbocycles. The van der Waals surface area contributed by atoms with E-state index in [4.69, 9.17) is 4.74 Å². The van der Waals surface area contributed by atoms with Crippen molar-refractivity contribution in [2.75, 3.05) is 0 Å². The third-order valence-electron chi connectivity index (χ3n) is 5.50. The van der Waals surface area contributed by atoms with E-state index in [2.05, 4.69) is 10.1 Å². The van der Waals surface area contributed by atoms with Crippen LogP contribution in [0.5, 0.6) is 0 Å². The predicted octanol–water partition coefficient (Wildman–Crippen LogP) is 4.75. The summed E-state index contributed by atoms with van der Waals surface area (Å²) in [7, 11) is 0. The van der Waals surface area contributed by atoms with E-state index in [0.717, 1.165) is 11.3 Å². The Balaban J connectivity index is 1.37. The smallest absolute Gasteiger partial charge is 0.331 e. The Kier molecular flexibility index (Phi) is 6.23. The molecule has 5 rings (SSSR count). The average Bonchev–Trinajstić information content (AvgIpc) is 3.32. The number of esters is 1. The lowest BCUT2D eigenvalue weighted by atomic mass is 10.1. The third kappa shape index (κ3) is 4.97. The molecule has 0 saturated heterocycles. The summed E-state index contributed by atoms with van der Waals surface area (Å²) in [6.07, 6.45) is 6.37. The first-order chi connectivity index (χ1) is 17.5. The lowest BCUT2D eigenvalue weighted by Crippen LogP contribution is -2.16. The summed E-state index contributed by atoms with van der Waals surface area (Å²) < 4.78 is 21.9. The molecule has 7 nitrogen and oxygen atoms in total. The van der Waals surface area contributed by atoms with Crippen LogP contribution in [0.3, 0.4) is 0 Å². The molecule has 3 heterocycles.